The third kappa shape index (κ3) is 5.54. The van der Waals surface area contributed by atoms with Crippen LogP contribution in [-0.2, 0) is 4.74 Å². The van der Waals surface area contributed by atoms with Gasteiger partial charge in [-0.15, -0.1) is 0 Å². The van der Waals surface area contributed by atoms with Gasteiger partial charge in [0.1, 0.15) is 6.23 Å². The molecule has 9 nitrogen and oxygen atoms in total. The van der Waals surface area contributed by atoms with Crippen molar-refractivity contribution in [2.75, 3.05) is 32.1 Å². The Labute approximate surface area is 222 Å². The molecule has 2 saturated heterocycles. The summed E-state index contributed by atoms with van der Waals surface area (Å²) in [5.74, 6) is 0.475. The first-order chi connectivity index (χ1) is 18.6. The SMILES string of the molecule is CN1CCC(NC(=O)c2ccc(Nc3ncc4ccc(-c5cnn(C6CCCCO6)c5)cc4n3)cc2)CC1. The molecule has 1 amide bonds. The zero-order valence-corrected chi connectivity index (χ0v) is 21.6. The van der Waals surface area contributed by atoms with E-state index in [1.54, 1.807) is 0 Å². The lowest BCUT2D eigenvalue weighted by molar-refractivity contribution is -0.0394. The van der Waals surface area contributed by atoms with Crippen molar-refractivity contribution in [3.8, 4) is 11.1 Å². The Morgan fingerprint density at radius 2 is 1.84 bits per heavy atom. The van der Waals surface area contributed by atoms with Gasteiger partial charge in [-0.1, -0.05) is 12.1 Å². The number of piperidine rings is 1. The van der Waals surface area contributed by atoms with Crippen molar-refractivity contribution in [3.63, 3.8) is 0 Å². The number of nitrogens with one attached hydrogen (secondary N) is 2. The van der Waals surface area contributed by atoms with E-state index >= 15 is 0 Å². The molecule has 38 heavy (non-hydrogen) atoms. The van der Waals surface area contributed by atoms with Gasteiger partial charge in [0.2, 0.25) is 5.95 Å². The molecule has 4 aromatic rings. The number of carbonyl (C=O) groups is 1. The Bertz CT molecular complexity index is 1400. The van der Waals surface area contributed by atoms with Crippen LogP contribution in [0.1, 0.15) is 48.7 Å². The summed E-state index contributed by atoms with van der Waals surface area (Å²) in [5.41, 5.74) is 4.39. The topological polar surface area (TPSA) is 97.2 Å². The molecule has 2 aromatic carbocycles. The van der Waals surface area contributed by atoms with E-state index in [2.05, 4.69) is 44.8 Å². The van der Waals surface area contributed by atoms with E-state index in [-0.39, 0.29) is 18.2 Å². The summed E-state index contributed by atoms with van der Waals surface area (Å²) < 4.78 is 7.78. The summed E-state index contributed by atoms with van der Waals surface area (Å²) >= 11 is 0. The number of benzene rings is 2. The lowest BCUT2D eigenvalue weighted by atomic mass is 10.0. The number of likely N-dealkylation sites (tertiary alicyclic amines) is 1. The van der Waals surface area contributed by atoms with Gasteiger partial charge in [0.15, 0.2) is 0 Å². The molecule has 2 aliphatic heterocycles. The minimum Gasteiger partial charge on any atom is -0.357 e. The number of ether oxygens (including phenoxy) is 1. The highest BCUT2D eigenvalue weighted by molar-refractivity contribution is 5.94. The average Bonchev–Trinajstić information content (AvgIpc) is 3.45. The molecule has 0 aliphatic carbocycles. The largest absolute Gasteiger partial charge is 0.357 e. The van der Waals surface area contributed by atoms with E-state index in [9.17, 15) is 4.79 Å². The predicted octanol–water partition coefficient (Wildman–Crippen LogP) is 4.76. The molecule has 0 bridgehead atoms. The van der Waals surface area contributed by atoms with E-state index in [4.69, 9.17) is 9.72 Å². The second-order valence-corrected chi connectivity index (χ2v) is 10.3. The highest BCUT2D eigenvalue weighted by atomic mass is 16.5. The summed E-state index contributed by atoms with van der Waals surface area (Å²) in [6, 6.07) is 13.8. The molecule has 1 unspecified atom stereocenters. The molecule has 9 heteroatoms. The smallest absolute Gasteiger partial charge is 0.251 e. The lowest BCUT2D eigenvalue weighted by Crippen LogP contribution is -2.43. The Kier molecular flexibility index (Phi) is 7.02. The number of hydrogen-bond donors (Lipinski definition) is 2. The molecule has 0 spiro atoms. The maximum atomic E-state index is 12.7. The molecule has 2 aromatic heterocycles. The maximum absolute atomic E-state index is 12.7. The van der Waals surface area contributed by atoms with Crippen molar-refractivity contribution in [1.82, 2.24) is 30.0 Å². The first-order valence-corrected chi connectivity index (χ1v) is 13.4. The van der Waals surface area contributed by atoms with Crippen molar-refractivity contribution in [2.24, 2.45) is 0 Å². The van der Waals surface area contributed by atoms with Gasteiger partial charge >= 0.3 is 0 Å². The van der Waals surface area contributed by atoms with E-state index in [1.165, 1.54) is 0 Å². The fraction of sp³-hybridized carbons (Fsp3) is 0.379. The summed E-state index contributed by atoms with van der Waals surface area (Å²) in [4.78, 5) is 24.2. The van der Waals surface area contributed by atoms with Gasteiger partial charge in [0.05, 0.1) is 11.7 Å². The van der Waals surface area contributed by atoms with Gasteiger partial charge in [-0.3, -0.25) is 4.79 Å². The van der Waals surface area contributed by atoms with Crippen LogP contribution in [0, 0.1) is 0 Å². The van der Waals surface area contributed by atoms with Crippen LogP contribution >= 0.6 is 0 Å². The number of hydrogen-bond acceptors (Lipinski definition) is 7. The molecular formula is C29H33N7O2. The fourth-order valence-corrected chi connectivity index (χ4v) is 5.10. The third-order valence-electron chi connectivity index (χ3n) is 7.43. The summed E-state index contributed by atoms with van der Waals surface area (Å²) in [7, 11) is 2.12. The molecule has 6 rings (SSSR count). The summed E-state index contributed by atoms with van der Waals surface area (Å²) in [5, 5.41) is 11.9. The van der Waals surface area contributed by atoms with Crippen molar-refractivity contribution in [2.45, 2.75) is 44.4 Å². The molecule has 0 saturated carbocycles. The molecule has 0 radical (unpaired) electrons. The fourth-order valence-electron chi connectivity index (χ4n) is 5.10. The van der Waals surface area contributed by atoms with Crippen LogP contribution in [0.4, 0.5) is 11.6 Å². The Morgan fingerprint density at radius 3 is 2.63 bits per heavy atom. The van der Waals surface area contributed by atoms with Gasteiger partial charge in [-0.2, -0.15) is 5.10 Å². The minimum atomic E-state index is -0.0287. The van der Waals surface area contributed by atoms with E-state index in [0.717, 1.165) is 79.5 Å². The number of fused-ring (bicyclic) bond motifs is 1. The predicted molar refractivity (Wildman–Crippen MR) is 147 cm³/mol. The third-order valence-corrected chi connectivity index (χ3v) is 7.43. The average molecular weight is 512 g/mol. The quantitative estimate of drug-likeness (QED) is 0.385. The van der Waals surface area contributed by atoms with Crippen molar-refractivity contribution >= 4 is 28.4 Å². The monoisotopic (exact) mass is 511 g/mol. The highest BCUT2D eigenvalue weighted by Gasteiger charge is 2.19. The van der Waals surface area contributed by atoms with Crippen LogP contribution in [0.3, 0.4) is 0 Å². The molecule has 2 fully saturated rings. The van der Waals surface area contributed by atoms with Crippen molar-refractivity contribution in [3.05, 3.63) is 66.6 Å². The second-order valence-electron chi connectivity index (χ2n) is 10.3. The minimum absolute atomic E-state index is 0.0165. The van der Waals surface area contributed by atoms with E-state index < -0.39 is 0 Å². The van der Waals surface area contributed by atoms with E-state index in [1.807, 2.05) is 53.6 Å². The standard InChI is InChI=1S/C29H33N7O2/c1-35-13-11-25(12-14-35)32-28(37)20-7-9-24(10-8-20)33-29-30-17-22-6-5-21(16-26(22)34-29)23-18-31-36(19-23)27-4-2-3-15-38-27/h5-10,16-19,25,27H,2-4,11-15H2,1H3,(H,32,37)(H,30,33,34). The maximum Gasteiger partial charge on any atom is 0.251 e. The Hall–Kier alpha value is -3.82. The number of carbonyl (C=O) groups excluding carboxylic acids is 1. The second kappa shape index (κ2) is 10.9. The van der Waals surface area contributed by atoms with Gasteiger partial charge in [0, 0.05) is 47.2 Å². The van der Waals surface area contributed by atoms with Crippen LogP contribution in [0.5, 0.6) is 0 Å². The van der Waals surface area contributed by atoms with Crippen LogP contribution < -0.4 is 10.6 Å². The normalized spacial score (nSPS) is 18.9. The van der Waals surface area contributed by atoms with Gasteiger partial charge in [-0.05, 0) is 88.1 Å². The number of amides is 1. The number of anilines is 2. The summed E-state index contributed by atoms with van der Waals surface area (Å²) in [6.07, 6.45) is 11.0. The van der Waals surface area contributed by atoms with Gasteiger partial charge in [-0.25, -0.2) is 14.6 Å². The number of nitrogens with zero attached hydrogens (tertiary/aromatic N) is 5. The molecule has 196 valence electrons. The molecular weight excluding hydrogens is 478 g/mol. The molecule has 1 atom stereocenters. The first kappa shape index (κ1) is 24.5. The highest BCUT2D eigenvalue weighted by Crippen LogP contribution is 2.27. The zero-order valence-electron chi connectivity index (χ0n) is 21.6. The first-order valence-electron chi connectivity index (χ1n) is 13.4. The number of rotatable bonds is 6. The molecule has 4 heterocycles. The Balaban J connectivity index is 1.13. The van der Waals surface area contributed by atoms with Crippen LogP contribution in [-0.4, -0.2) is 63.3 Å². The van der Waals surface area contributed by atoms with Crippen molar-refractivity contribution in [1.29, 1.82) is 0 Å². The number of aromatic nitrogens is 4. The molecule has 2 aliphatic rings. The zero-order chi connectivity index (χ0) is 25.9. The Morgan fingerprint density at radius 1 is 1.00 bits per heavy atom. The molecule has 2 N–H and O–H groups in total. The van der Waals surface area contributed by atoms with Gasteiger partial charge < -0.3 is 20.3 Å². The van der Waals surface area contributed by atoms with Gasteiger partial charge in [0.25, 0.3) is 5.91 Å². The van der Waals surface area contributed by atoms with Crippen LogP contribution in [0.2, 0.25) is 0 Å². The van der Waals surface area contributed by atoms with E-state index in [0.29, 0.717) is 11.5 Å². The summed E-state index contributed by atoms with van der Waals surface area (Å²) in [6.45, 7) is 2.82. The lowest BCUT2D eigenvalue weighted by Gasteiger charge is -2.29. The van der Waals surface area contributed by atoms with Crippen LogP contribution in [0.15, 0.2) is 61.1 Å². The van der Waals surface area contributed by atoms with Crippen molar-refractivity contribution < 1.29 is 9.53 Å². The van der Waals surface area contributed by atoms with Crippen LogP contribution in [0.25, 0.3) is 22.0 Å².